The molecule has 0 amide bonds. The van der Waals surface area contributed by atoms with E-state index in [9.17, 15) is 8.42 Å². The molecule has 0 rings (SSSR count). The molecular weight excluding hydrogens is 156 g/mol. The van der Waals surface area contributed by atoms with Crippen LogP contribution >= 0.6 is 0 Å². The van der Waals surface area contributed by atoms with Crippen LogP contribution in [-0.4, -0.2) is 25.1 Å². The van der Waals surface area contributed by atoms with Crippen molar-refractivity contribution in [2.45, 2.75) is 0 Å². The van der Waals surface area contributed by atoms with Crippen LogP contribution in [0.15, 0.2) is 12.7 Å². The Balaban J connectivity index is 0. The first-order valence-electron chi connectivity index (χ1n) is 2.16. The zero-order valence-corrected chi connectivity index (χ0v) is 6.35. The summed E-state index contributed by atoms with van der Waals surface area (Å²) in [5.74, 6) is 0.0185. The van der Waals surface area contributed by atoms with Crippen molar-refractivity contribution in [1.82, 2.24) is 0 Å². The van der Waals surface area contributed by atoms with Gasteiger partial charge in [-0.25, -0.2) is 0 Å². The maximum absolute atomic E-state index is 9.19. The van der Waals surface area contributed by atoms with Crippen molar-refractivity contribution in [3.8, 4) is 0 Å². The summed E-state index contributed by atoms with van der Waals surface area (Å²) < 4.78 is 25.9. The fourth-order valence-corrected chi connectivity index (χ4v) is 0. The van der Waals surface area contributed by atoms with E-state index >= 15 is 0 Å². The number of nitrogens with two attached hydrogens (primary N) is 1. The largest absolute Gasteiger partial charge is 0.384 e. The predicted octanol–water partition coefficient (Wildman–Crippen LogP) is -0.388. The minimum atomic E-state index is -3.67. The van der Waals surface area contributed by atoms with Gasteiger partial charge >= 0.3 is 0 Å². The topological polar surface area (TPSA) is 104 Å². The van der Waals surface area contributed by atoms with Gasteiger partial charge in [0.1, 0.15) is 5.84 Å². The molecule has 0 bridgehead atoms. The average molecular weight is 166 g/mol. The van der Waals surface area contributed by atoms with Gasteiger partial charge in [0.25, 0.3) is 10.1 Å². The summed E-state index contributed by atoms with van der Waals surface area (Å²) in [6.45, 7) is 3.21. The van der Waals surface area contributed by atoms with Gasteiger partial charge in [-0.05, 0) is 6.08 Å². The maximum Gasteiger partial charge on any atom is 0.261 e. The molecule has 0 aromatic carbocycles. The molecule has 0 aliphatic rings. The van der Waals surface area contributed by atoms with Gasteiger partial charge in [-0.1, -0.05) is 6.58 Å². The van der Waals surface area contributed by atoms with Gasteiger partial charge in [0.2, 0.25) is 0 Å². The summed E-state index contributed by atoms with van der Waals surface area (Å²) in [5.41, 5.74) is 4.76. The van der Waals surface area contributed by atoms with Crippen molar-refractivity contribution in [2.75, 3.05) is 6.26 Å². The van der Waals surface area contributed by atoms with Crippen molar-refractivity contribution in [1.29, 1.82) is 5.41 Å². The third-order valence-electron chi connectivity index (χ3n) is 0.220. The lowest BCUT2D eigenvalue weighted by Crippen LogP contribution is -2.02. The molecule has 0 aromatic heterocycles. The fourth-order valence-electron chi connectivity index (χ4n) is 0. The number of rotatable bonds is 1. The maximum atomic E-state index is 9.19. The standard InChI is InChI=1S/C3H6N2.CH4O3S/c1-2-3(4)5;1-5(2,3)4/h2H,1H2,(H3,4,5);1H3,(H,2,3,4). The van der Waals surface area contributed by atoms with Gasteiger partial charge in [0.15, 0.2) is 0 Å². The van der Waals surface area contributed by atoms with Crippen LogP contribution in [0.1, 0.15) is 0 Å². The van der Waals surface area contributed by atoms with E-state index in [0.717, 1.165) is 0 Å². The molecule has 0 aromatic rings. The molecule has 0 aliphatic heterocycles. The monoisotopic (exact) mass is 166 g/mol. The van der Waals surface area contributed by atoms with Gasteiger partial charge in [0, 0.05) is 0 Å². The number of amidine groups is 1. The van der Waals surface area contributed by atoms with Crippen LogP contribution in [-0.2, 0) is 10.1 Å². The molecule has 0 heterocycles. The molecule has 0 atom stereocenters. The van der Waals surface area contributed by atoms with E-state index in [0.29, 0.717) is 6.26 Å². The normalized spacial score (nSPS) is 9.00. The van der Waals surface area contributed by atoms with E-state index < -0.39 is 10.1 Å². The van der Waals surface area contributed by atoms with Crippen molar-refractivity contribution >= 4 is 16.0 Å². The zero-order valence-electron chi connectivity index (χ0n) is 5.53. The Bertz CT molecular complexity index is 199. The molecule has 5 nitrogen and oxygen atoms in total. The summed E-state index contributed by atoms with van der Waals surface area (Å²) in [7, 11) is -3.67. The van der Waals surface area contributed by atoms with Crippen molar-refractivity contribution < 1.29 is 13.0 Å². The third kappa shape index (κ3) is 213. The Kier molecular flexibility index (Phi) is 5.87. The SMILES string of the molecule is C=CC(=N)N.CS(=O)(=O)O. The van der Waals surface area contributed by atoms with Crippen LogP contribution in [0.4, 0.5) is 0 Å². The van der Waals surface area contributed by atoms with Crippen LogP contribution in [0, 0.1) is 5.41 Å². The van der Waals surface area contributed by atoms with E-state index in [1.165, 1.54) is 6.08 Å². The van der Waals surface area contributed by atoms with Gasteiger partial charge in [-0.3, -0.25) is 9.96 Å². The Morgan fingerprint density at radius 2 is 1.90 bits per heavy atom. The Morgan fingerprint density at radius 1 is 1.80 bits per heavy atom. The highest BCUT2D eigenvalue weighted by Crippen LogP contribution is 1.60. The third-order valence-corrected chi connectivity index (χ3v) is 0.220. The average Bonchev–Trinajstić information content (AvgIpc) is 1.61. The summed E-state index contributed by atoms with van der Waals surface area (Å²) in [6.07, 6.45) is 1.99. The van der Waals surface area contributed by atoms with E-state index in [2.05, 4.69) is 6.58 Å². The minimum absolute atomic E-state index is 0.0185. The first-order chi connectivity index (χ1) is 4.27. The highest BCUT2D eigenvalue weighted by atomic mass is 32.2. The van der Waals surface area contributed by atoms with Crippen LogP contribution in [0.5, 0.6) is 0 Å². The highest BCUT2D eigenvalue weighted by molar-refractivity contribution is 7.85. The van der Waals surface area contributed by atoms with Crippen molar-refractivity contribution in [3.63, 3.8) is 0 Å². The summed E-state index contributed by atoms with van der Waals surface area (Å²) in [6, 6.07) is 0. The molecule has 4 N–H and O–H groups in total. The van der Waals surface area contributed by atoms with Crippen LogP contribution in [0.25, 0.3) is 0 Å². The summed E-state index contributed by atoms with van der Waals surface area (Å²) in [5, 5.41) is 6.40. The first-order valence-corrected chi connectivity index (χ1v) is 4.01. The highest BCUT2D eigenvalue weighted by Gasteiger charge is 1.81. The molecule has 6 heteroatoms. The van der Waals surface area contributed by atoms with Gasteiger partial charge in [-0.15, -0.1) is 0 Å². The quantitative estimate of drug-likeness (QED) is 0.280. The molecule has 0 aliphatic carbocycles. The second-order valence-corrected chi connectivity index (χ2v) is 2.86. The second kappa shape index (κ2) is 4.95. The molecule has 0 fully saturated rings. The molecule has 0 radical (unpaired) electrons. The molecule has 60 valence electrons. The zero-order chi connectivity index (χ0) is 8.78. The second-order valence-electron chi connectivity index (χ2n) is 1.39. The summed E-state index contributed by atoms with van der Waals surface area (Å²) in [4.78, 5) is 0. The fraction of sp³-hybridized carbons (Fsp3) is 0.250. The number of hydrogen-bond acceptors (Lipinski definition) is 3. The first kappa shape index (κ1) is 11.9. The van der Waals surface area contributed by atoms with E-state index in [-0.39, 0.29) is 5.84 Å². The lowest BCUT2D eigenvalue weighted by Gasteiger charge is -1.71. The predicted molar refractivity (Wildman–Crippen MR) is 39.6 cm³/mol. The Hall–Kier alpha value is -0.880. The van der Waals surface area contributed by atoms with Crippen LogP contribution < -0.4 is 5.73 Å². The molecule has 10 heavy (non-hydrogen) atoms. The molecule has 0 spiro atoms. The lowest BCUT2D eigenvalue weighted by atomic mass is 10.6. The van der Waals surface area contributed by atoms with Crippen molar-refractivity contribution in [2.24, 2.45) is 5.73 Å². The lowest BCUT2D eigenvalue weighted by molar-refractivity contribution is 0.490. The Morgan fingerprint density at radius 3 is 1.90 bits per heavy atom. The number of hydrogen-bond donors (Lipinski definition) is 3. The molecule has 0 saturated carbocycles. The number of nitrogens with one attached hydrogen (secondary N) is 1. The summed E-state index contributed by atoms with van der Waals surface area (Å²) >= 11 is 0. The van der Waals surface area contributed by atoms with Gasteiger partial charge < -0.3 is 5.73 Å². The van der Waals surface area contributed by atoms with Gasteiger partial charge in [-0.2, -0.15) is 8.42 Å². The Labute approximate surface area is 59.8 Å². The van der Waals surface area contributed by atoms with E-state index in [1.807, 2.05) is 0 Å². The van der Waals surface area contributed by atoms with E-state index in [1.54, 1.807) is 0 Å². The molecular formula is C4H10N2O3S. The smallest absolute Gasteiger partial charge is 0.261 e. The van der Waals surface area contributed by atoms with Crippen molar-refractivity contribution in [3.05, 3.63) is 12.7 Å². The van der Waals surface area contributed by atoms with Crippen LogP contribution in [0.2, 0.25) is 0 Å². The van der Waals surface area contributed by atoms with E-state index in [4.69, 9.17) is 15.7 Å². The van der Waals surface area contributed by atoms with Gasteiger partial charge in [0.05, 0.1) is 6.26 Å². The minimum Gasteiger partial charge on any atom is -0.384 e. The molecule has 0 saturated heterocycles. The molecule has 0 unspecified atom stereocenters. The van der Waals surface area contributed by atoms with Crippen LogP contribution in [0.3, 0.4) is 0 Å².